The number of urea groups is 1. The van der Waals surface area contributed by atoms with Crippen LogP contribution in [0, 0.1) is 0 Å². The molecule has 0 aromatic heterocycles. The van der Waals surface area contributed by atoms with Gasteiger partial charge >= 0.3 is 12.0 Å². The molecule has 1 saturated heterocycles. The number of carbonyl (C=O) groups excluding carboxylic acids is 3. The summed E-state index contributed by atoms with van der Waals surface area (Å²) < 4.78 is 5.18. The third-order valence-corrected chi connectivity index (χ3v) is 3.79. The summed E-state index contributed by atoms with van der Waals surface area (Å²) in [5.41, 5.74) is -0.371. The van der Waals surface area contributed by atoms with E-state index in [2.05, 4.69) is 5.32 Å². The third kappa shape index (κ3) is 4.61. The Balaban J connectivity index is 2.03. The number of carbonyl (C=O) groups is 3. The molecule has 1 aromatic carbocycles. The Morgan fingerprint density at radius 2 is 2.00 bits per heavy atom. The van der Waals surface area contributed by atoms with Crippen LogP contribution in [0.4, 0.5) is 4.79 Å². The summed E-state index contributed by atoms with van der Waals surface area (Å²) >= 11 is 11.8. The van der Waals surface area contributed by atoms with Gasteiger partial charge in [-0.25, -0.2) is 4.79 Å². The van der Waals surface area contributed by atoms with E-state index in [0.717, 1.165) is 0 Å². The number of amides is 2. The highest BCUT2D eigenvalue weighted by atomic mass is 35.5. The van der Waals surface area contributed by atoms with E-state index in [1.165, 1.54) is 17.0 Å². The number of halogens is 2. The van der Waals surface area contributed by atoms with Gasteiger partial charge in [-0.15, -0.1) is 0 Å². The Hall–Kier alpha value is -1.79. The monoisotopic (exact) mass is 372 g/mol. The number of hydrogen-bond acceptors (Lipinski definition) is 4. The Morgan fingerprint density at radius 3 is 2.58 bits per heavy atom. The first kappa shape index (κ1) is 18.5. The second-order valence-corrected chi connectivity index (χ2v) is 7.30. The quantitative estimate of drug-likeness (QED) is 0.651. The first-order valence-corrected chi connectivity index (χ1v) is 8.09. The first-order chi connectivity index (χ1) is 11.1. The molecule has 1 heterocycles. The molecule has 2 rings (SSSR count). The Bertz CT molecular complexity index is 685. The van der Waals surface area contributed by atoms with Gasteiger partial charge in [-0.1, -0.05) is 23.2 Å². The maximum Gasteiger partial charge on any atom is 0.326 e. The number of hydrogen-bond donors (Lipinski definition) is 1. The largest absolute Gasteiger partial charge is 0.459 e. The molecule has 0 aliphatic carbocycles. The average molecular weight is 373 g/mol. The number of ketones is 1. The minimum Gasteiger partial charge on any atom is -0.459 e. The van der Waals surface area contributed by atoms with Gasteiger partial charge in [-0.2, -0.15) is 0 Å². The Kier molecular flexibility index (Phi) is 5.40. The van der Waals surface area contributed by atoms with Crippen LogP contribution in [0.3, 0.4) is 0 Å². The van der Waals surface area contributed by atoms with E-state index in [0.29, 0.717) is 5.02 Å². The van der Waals surface area contributed by atoms with Gasteiger partial charge in [0.15, 0.2) is 5.78 Å². The van der Waals surface area contributed by atoms with Gasteiger partial charge in [0.25, 0.3) is 0 Å². The van der Waals surface area contributed by atoms with Crippen molar-refractivity contribution in [1.82, 2.24) is 10.2 Å². The van der Waals surface area contributed by atoms with Crippen LogP contribution in [0.15, 0.2) is 18.2 Å². The number of Topliss-reactive ketones (excluding diaryl/α,β-unsaturated/α-hetero) is 1. The number of esters is 1. The van der Waals surface area contributed by atoms with E-state index in [1.807, 2.05) is 0 Å². The molecule has 130 valence electrons. The maximum atomic E-state index is 12.5. The first-order valence-electron chi connectivity index (χ1n) is 7.33. The van der Waals surface area contributed by atoms with Crippen LogP contribution in [0.5, 0.6) is 0 Å². The lowest BCUT2D eigenvalue weighted by molar-refractivity contribution is -0.155. The predicted octanol–water partition coefficient (Wildman–Crippen LogP) is 2.91. The van der Waals surface area contributed by atoms with E-state index in [4.69, 9.17) is 27.9 Å². The predicted molar refractivity (Wildman–Crippen MR) is 90.5 cm³/mol. The summed E-state index contributed by atoms with van der Waals surface area (Å²) in [5, 5.41) is 3.18. The molecule has 6 nitrogen and oxygen atoms in total. The van der Waals surface area contributed by atoms with Crippen molar-refractivity contribution in [2.45, 2.75) is 32.4 Å². The molecule has 0 bridgehead atoms. The van der Waals surface area contributed by atoms with Crippen molar-refractivity contribution in [3.05, 3.63) is 33.8 Å². The Morgan fingerprint density at radius 1 is 1.33 bits per heavy atom. The zero-order chi connectivity index (χ0) is 18.1. The summed E-state index contributed by atoms with van der Waals surface area (Å²) in [5.74, 6) is -0.869. The molecule has 1 aliphatic heterocycles. The number of ether oxygens (including phenoxy) is 1. The van der Waals surface area contributed by atoms with Gasteiger partial charge in [0.2, 0.25) is 0 Å². The van der Waals surface area contributed by atoms with Crippen molar-refractivity contribution in [3.63, 3.8) is 0 Å². The lowest BCUT2D eigenvalue weighted by Gasteiger charge is -2.21. The lowest BCUT2D eigenvalue weighted by atomic mass is 10.0. The molecule has 0 saturated carbocycles. The van der Waals surface area contributed by atoms with Crippen LogP contribution in [0.1, 0.15) is 31.1 Å². The van der Waals surface area contributed by atoms with Crippen LogP contribution in [0.25, 0.3) is 0 Å². The average Bonchev–Trinajstić information content (AvgIpc) is 2.77. The summed E-state index contributed by atoms with van der Waals surface area (Å²) in [6.07, 6.45) is 0. The van der Waals surface area contributed by atoms with Gasteiger partial charge in [-0.05, 0) is 39.0 Å². The maximum absolute atomic E-state index is 12.5. The van der Waals surface area contributed by atoms with Crippen LogP contribution in [-0.2, 0) is 9.53 Å². The smallest absolute Gasteiger partial charge is 0.326 e. The molecule has 1 N–H and O–H groups in total. The second-order valence-electron chi connectivity index (χ2n) is 6.46. The van der Waals surface area contributed by atoms with Gasteiger partial charge in [-0.3, -0.25) is 9.59 Å². The fourth-order valence-corrected chi connectivity index (χ4v) is 2.78. The van der Waals surface area contributed by atoms with Crippen LogP contribution >= 0.6 is 23.2 Å². The molecule has 1 fully saturated rings. The van der Waals surface area contributed by atoms with E-state index in [9.17, 15) is 14.4 Å². The standard InChI is InChI=1S/C16H18Cl2N2O4/c1-16(2,3)24-13(21)8-20-7-12(19-15(20)23)14(22)10-5-4-9(17)6-11(10)18/h4-6,12H,7-8H2,1-3H3,(H,19,23). The van der Waals surface area contributed by atoms with Crippen molar-refractivity contribution >= 4 is 41.0 Å². The zero-order valence-electron chi connectivity index (χ0n) is 13.6. The zero-order valence-corrected chi connectivity index (χ0v) is 15.1. The lowest BCUT2D eigenvalue weighted by Crippen LogP contribution is -2.36. The van der Waals surface area contributed by atoms with Crippen LogP contribution in [0.2, 0.25) is 10.0 Å². The molecule has 1 unspecified atom stereocenters. The molecule has 0 radical (unpaired) electrons. The molecule has 1 aromatic rings. The van der Waals surface area contributed by atoms with Crippen LogP contribution < -0.4 is 5.32 Å². The number of benzene rings is 1. The molecule has 2 amide bonds. The van der Waals surface area contributed by atoms with Gasteiger partial charge in [0.1, 0.15) is 18.2 Å². The Labute approximate surface area is 150 Å². The summed E-state index contributed by atoms with van der Waals surface area (Å²) in [6, 6.07) is 3.25. The third-order valence-electron chi connectivity index (χ3n) is 3.24. The molecule has 1 aliphatic rings. The van der Waals surface area contributed by atoms with Gasteiger partial charge in [0, 0.05) is 10.6 Å². The number of rotatable bonds is 4. The van der Waals surface area contributed by atoms with E-state index >= 15 is 0 Å². The summed E-state index contributed by atoms with van der Waals surface area (Å²) in [4.78, 5) is 37.5. The summed E-state index contributed by atoms with van der Waals surface area (Å²) in [7, 11) is 0. The highest BCUT2D eigenvalue weighted by molar-refractivity contribution is 6.37. The van der Waals surface area contributed by atoms with Gasteiger partial charge < -0.3 is 15.0 Å². The number of nitrogens with one attached hydrogen (secondary N) is 1. The van der Waals surface area contributed by atoms with Crippen molar-refractivity contribution in [2.24, 2.45) is 0 Å². The van der Waals surface area contributed by atoms with Crippen molar-refractivity contribution < 1.29 is 19.1 Å². The van der Waals surface area contributed by atoms with Gasteiger partial charge in [0.05, 0.1) is 11.6 Å². The van der Waals surface area contributed by atoms with Crippen molar-refractivity contribution in [1.29, 1.82) is 0 Å². The van der Waals surface area contributed by atoms with Crippen molar-refractivity contribution in [2.75, 3.05) is 13.1 Å². The van der Waals surface area contributed by atoms with Crippen LogP contribution in [-0.4, -0.2) is 47.4 Å². The minimum atomic E-state index is -0.779. The minimum absolute atomic E-state index is 0.0653. The highest BCUT2D eigenvalue weighted by Crippen LogP contribution is 2.23. The molecule has 1 atom stereocenters. The highest BCUT2D eigenvalue weighted by Gasteiger charge is 2.36. The van der Waals surface area contributed by atoms with E-state index in [-0.39, 0.29) is 29.5 Å². The SMILES string of the molecule is CC(C)(C)OC(=O)CN1CC(C(=O)c2ccc(Cl)cc2Cl)NC1=O. The molecule has 8 heteroatoms. The van der Waals surface area contributed by atoms with Crippen molar-refractivity contribution in [3.8, 4) is 0 Å². The molecule has 24 heavy (non-hydrogen) atoms. The topological polar surface area (TPSA) is 75.7 Å². The molecular weight excluding hydrogens is 355 g/mol. The second kappa shape index (κ2) is 6.99. The summed E-state index contributed by atoms with van der Waals surface area (Å²) in [6.45, 7) is 5.06. The molecular formula is C16H18Cl2N2O4. The fraction of sp³-hybridized carbons (Fsp3) is 0.438. The normalized spacial score (nSPS) is 17.6. The van der Waals surface area contributed by atoms with E-state index in [1.54, 1.807) is 26.8 Å². The van der Waals surface area contributed by atoms with E-state index < -0.39 is 23.6 Å². The molecule has 0 spiro atoms. The fourth-order valence-electron chi connectivity index (χ4n) is 2.28. The number of nitrogens with zero attached hydrogens (tertiary/aromatic N) is 1.